The van der Waals surface area contributed by atoms with Crippen LogP contribution in [0.3, 0.4) is 0 Å². The topological polar surface area (TPSA) is 9.23 Å². The Bertz CT molecular complexity index is 1360. The number of halogens is 2. The van der Waals surface area contributed by atoms with Gasteiger partial charge in [0.15, 0.2) is 0 Å². The zero-order valence-corrected chi connectivity index (χ0v) is 16.9. The van der Waals surface area contributed by atoms with Crippen LogP contribution in [0.25, 0.3) is 10.8 Å². The predicted molar refractivity (Wildman–Crippen MR) is 120 cm³/mol. The van der Waals surface area contributed by atoms with Gasteiger partial charge in [0.05, 0.1) is 12.2 Å². The predicted octanol–water partition coefficient (Wildman–Crippen LogP) is 6.32. The van der Waals surface area contributed by atoms with Crippen LogP contribution in [0.1, 0.15) is 29.2 Å². The number of fused-ring (bicyclic) bond motifs is 1. The van der Waals surface area contributed by atoms with Crippen LogP contribution in [0.15, 0.2) is 78.9 Å². The molecule has 0 N–H and O–H groups in total. The maximum atomic E-state index is 14.5. The first-order chi connectivity index (χ1) is 15.1. The molecule has 4 aromatic rings. The molecule has 0 aliphatic carbocycles. The molecule has 4 aromatic carbocycles. The fourth-order valence-electron chi connectivity index (χ4n) is 3.07. The van der Waals surface area contributed by atoms with E-state index in [2.05, 4.69) is 23.7 Å². The van der Waals surface area contributed by atoms with E-state index in [4.69, 9.17) is 4.74 Å². The maximum Gasteiger partial charge on any atom is 0.140 e. The highest BCUT2D eigenvalue weighted by Gasteiger charge is 2.01. The quantitative estimate of drug-likeness (QED) is 0.353. The molecule has 0 heterocycles. The van der Waals surface area contributed by atoms with Gasteiger partial charge in [-0.2, -0.15) is 0 Å². The van der Waals surface area contributed by atoms with Crippen LogP contribution >= 0.6 is 0 Å². The Kier molecular flexibility index (Phi) is 5.97. The molecule has 0 atom stereocenters. The highest BCUT2D eigenvalue weighted by atomic mass is 19.1. The minimum absolute atomic E-state index is 0.279. The minimum atomic E-state index is -0.422. The first-order valence-electron chi connectivity index (χ1n) is 9.86. The van der Waals surface area contributed by atoms with Gasteiger partial charge in [-0.1, -0.05) is 35.8 Å². The molecule has 0 amide bonds. The fraction of sp³-hybridized carbons (Fsp3) is 0.0714. The van der Waals surface area contributed by atoms with E-state index in [1.807, 2.05) is 37.3 Å². The molecule has 150 valence electrons. The molecule has 4 rings (SSSR count). The third kappa shape index (κ3) is 5.10. The van der Waals surface area contributed by atoms with Crippen molar-refractivity contribution in [1.82, 2.24) is 0 Å². The Labute approximate surface area is 180 Å². The molecule has 1 nitrogen and oxygen atoms in total. The van der Waals surface area contributed by atoms with Crippen molar-refractivity contribution in [3.63, 3.8) is 0 Å². The number of hydrogen-bond donors (Lipinski definition) is 0. The Hall–Kier alpha value is -4.08. The van der Waals surface area contributed by atoms with Gasteiger partial charge in [0.1, 0.15) is 17.4 Å². The summed E-state index contributed by atoms with van der Waals surface area (Å²) in [6, 6.07) is 22.2. The van der Waals surface area contributed by atoms with Crippen LogP contribution in [0.4, 0.5) is 8.78 Å². The van der Waals surface area contributed by atoms with Crippen LogP contribution in [0.2, 0.25) is 0 Å². The molecular weight excluding hydrogens is 390 g/mol. The first-order valence-corrected chi connectivity index (χ1v) is 9.86. The van der Waals surface area contributed by atoms with Gasteiger partial charge in [-0.15, -0.1) is 0 Å². The normalized spacial score (nSPS) is 10.0. The monoisotopic (exact) mass is 408 g/mol. The molecule has 0 bridgehead atoms. The number of rotatable bonds is 2. The van der Waals surface area contributed by atoms with Crippen LogP contribution in [0, 0.1) is 35.3 Å². The number of hydrogen-bond acceptors (Lipinski definition) is 1. The summed E-state index contributed by atoms with van der Waals surface area (Å²) in [6.07, 6.45) is 0. The van der Waals surface area contributed by atoms with Gasteiger partial charge >= 0.3 is 0 Å². The van der Waals surface area contributed by atoms with E-state index in [1.165, 1.54) is 18.2 Å². The van der Waals surface area contributed by atoms with Gasteiger partial charge in [0, 0.05) is 16.7 Å². The number of ether oxygens (including phenoxy) is 1. The summed E-state index contributed by atoms with van der Waals surface area (Å²) in [5.41, 5.74) is 2.43. The molecule has 0 spiro atoms. The zero-order valence-electron chi connectivity index (χ0n) is 16.9. The summed E-state index contributed by atoms with van der Waals surface area (Å²) < 4.78 is 33.2. The lowest BCUT2D eigenvalue weighted by Crippen LogP contribution is -1.90. The second-order valence-corrected chi connectivity index (χ2v) is 6.86. The van der Waals surface area contributed by atoms with Crippen molar-refractivity contribution in [3.05, 3.63) is 113 Å². The van der Waals surface area contributed by atoms with E-state index in [9.17, 15) is 8.78 Å². The summed E-state index contributed by atoms with van der Waals surface area (Å²) in [6.45, 7) is 2.54. The van der Waals surface area contributed by atoms with E-state index in [0.717, 1.165) is 27.6 Å². The molecule has 0 unspecified atom stereocenters. The van der Waals surface area contributed by atoms with Crippen LogP contribution in [0.5, 0.6) is 5.75 Å². The third-order valence-corrected chi connectivity index (χ3v) is 4.63. The zero-order chi connectivity index (χ0) is 21.6. The van der Waals surface area contributed by atoms with E-state index < -0.39 is 5.82 Å². The van der Waals surface area contributed by atoms with Crippen molar-refractivity contribution in [2.24, 2.45) is 0 Å². The Morgan fingerprint density at radius 1 is 0.645 bits per heavy atom. The Balaban J connectivity index is 1.52. The minimum Gasteiger partial charge on any atom is -0.494 e. The van der Waals surface area contributed by atoms with Crippen molar-refractivity contribution in [2.75, 3.05) is 6.61 Å². The van der Waals surface area contributed by atoms with Crippen LogP contribution in [-0.4, -0.2) is 6.61 Å². The standard InChI is InChI=1S/C28H18F2O/c1-2-31-27-15-8-20(9-16-27)3-4-22-6-11-23(28(30)18-22)10-5-21-7-12-25-19-26(29)14-13-24(25)17-21/h6-9,11-19H,2H2,1H3. The maximum absolute atomic E-state index is 14.5. The van der Waals surface area contributed by atoms with E-state index in [0.29, 0.717) is 17.7 Å². The average Bonchev–Trinajstić information content (AvgIpc) is 2.78. The second kappa shape index (κ2) is 9.16. The Morgan fingerprint density at radius 3 is 2.03 bits per heavy atom. The second-order valence-electron chi connectivity index (χ2n) is 6.86. The smallest absolute Gasteiger partial charge is 0.140 e. The summed E-state index contributed by atoms with van der Waals surface area (Å²) in [4.78, 5) is 0. The van der Waals surface area contributed by atoms with Crippen molar-refractivity contribution in [3.8, 4) is 29.4 Å². The SMILES string of the molecule is CCOc1ccc(C#Cc2ccc(C#Cc3ccc4cc(F)ccc4c3)c(F)c2)cc1. The van der Waals surface area contributed by atoms with Crippen molar-refractivity contribution < 1.29 is 13.5 Å². The van der Waals surface area contributed by atoms with Gasteiger partial charge in [0.25, 0.3) is 0 Å². The summed E-state index contributed by atoms with van der Waals surface area (Å²) in [7, 11) is 0. The average molecular weight is 408 g/mol. The van der Waals surface area contributed by atoms with Crippen LogP contribution in [-0.2, 0) is 0 Å². The van der Waals surface area contributed by atoms with E-state index >= 15 is 0 Å². The molecule has 0 aliphatic heterocycles. The lowest BCUT2D eigenvalue weighted by molar-refractivity contribution is 0.340. The van der Waals surface area contributed by atoms with Gasteiger partial charge in [-0.3, -0.25) is 0 Å². The molecule has 0 fully saturated rings. The number of benzene rings is 4. The van der Waals surface area contributed by atoms with Gasteiger partial charge < -0.3 is 4.74 Å². The molecule has 3 heteroatoms. The van der Waals surface area contributed by atoms with Crippen LogP contribution < -0.4 is 4.74 Å². The van der Waals surface area contributed by atoms with E-state index in [1.54, 1.807) is 30.3 Å². The summed E-state index contributed by atoms with van der Waals surface area (Å²) in [5.74, 6) is 11.9. The first kappa shape index (κ1) is 20.2. The summed E-state index contributed by atoms with van der Waals surface area (Å²) >= 11 is 0. The van der Waals surface area contributed by atoms with Gasteiger partial charge in [-0.25, -0.2) is 8.78 Å². The Morgan fingerprint density at radius 2 is 1.26 bits per heavy atom. The highest BCUT2D eigenvalue weighted by molar-refractivity contribution is 5.84. The molecule has 0 aromatic heterocycles. The molecule has 0 aliphatic rings. The molecular formula is C28H18F2O. The summed E-state index contributed by atoms with van der Waals surface area (Å²) in [5, 5.41) is 1.68. The largest absolute Gasteiger partial charge is 0.494 e. The van der Waals surface area contributed by atoms with Gasteiger partial charge in [0.2, 0.25) is 0 Å². The highest BCUT2D eigenvalue weighted by Crippen LogP contribution is 2.17. The third-order valence-electron chi connectivity index (χ3n) is 4.63. The fourth-order valence-corrected chi connectivity index (χ4v) is 3.07. The molecule has 0 saturated heterocycles. The van der Waals surface area contributed by atoms with E-state index in [-0.39, 0.29) is 5.82 Å². The lowest BCUT2D eigenvalue weighted by atomic mass is 10.1. The van der Waals surface area contributed by atoms with Crippen molar-refractivity contribution in [2.45, 2.75) is 6.92 Å². The molecule has 0 radical (unpaired) electrons. The van der Waals surface area contributed by atoms with Crippen molar-refractivity contribution >= 4 is 10.8 Å². The van der Waals surface area contributed by atoms with Crippen molar-refractivity contribution in [1.29, 1.82) is 0 Å². The molecule has 31 heavy (non-hydrogen) atoms. The lowest BCUT2D eigenvalue weighted by Gasteiger charge is -2.01. The van der Waals surface area contributed by atoms with Gasteiger partial charge in [-0.05, 0) is 84.4 Å². The molecule has 0 saturated carbocycles.